The summed E-state index contributed by atoms with van der Waals surface area (Å²) in [6, 6.07) is 16.1. The molecule has 2 aromatic rings. The molecule has 1 aliphatic heterocycles. The average molecular weight is 453 g/mol. The van der Waals surface area contributed by atoms with E-state index in [1.807, 2.05) is 36.4 Å². The normalized spacial score (nSPS) is 18.9. The Morgan fingerprint density at radius 1 is 1.12 bits per heavy atom. The lowest BCUT2D eigenvalue weighted by Crippen LogP contribution is -2.60. The van der Waals surface area contributed by atoms with Crippen molar-refractivity contribution in [2.45, 2.75) is 31.2 Å². The molecule has 8 heteroatoms. The van der Waals surface area contributed by atoms with E-state index in [1.165, 1.54) is 4.90 Å². The van der Waals surface area contributed by atoms with Gasteiger partial charge in [0.05, 0.1) is 13.0 Å². The first-order chi connectivity index (χ1) is 15.9. The van der Waals surface area contributed by atoms with Crippen molar-refractivity contribution in [3.8, 4) is 11.1 Å². The van der Waals surface area contributed by atoms with Crippen LogP contribution in [-0.4, -0.2) is 66.4 Å². The molecule has 2 N–H and O–H groups in total. The molecule has 8 nitrogen and oxygen atoms in total. The van der Waals surface area contributed by atoms with Crippen molar-refractivity contribution in [1.29, 1.82) is 0 Å². The van der Waals surface area contributed by atoms with Gasteiger partial charge in [-0.15, -0.1) is 0 Å². The number of fused-ring (bicyclic) bond motifs is 3. The molecule has 0 aromatic heterocycles. The van der Waals surface area contributed by atoms with Gasteiger partial charge in [0.2, 0.25) is 0 Å². The molecule has 33 heavy (non-hydrogen) atoms. The number of carboxylic acid groups (broad SMARTS) is 1. The fraction of sp³-hybridized carbons (Fsp3) is 0.400. The lowest BCUT2D eigenvalue weighted by molar-refractivity contribution is -0.141. The summed E-state index contributed by atoms with van der Waals surface area (Å²) in [6.45, 7) is 2.67. The van der Waals surface area contributed by atoms with Crippen LogP contribution in [0.25, 0.3) is 11.1 Å². The Kier molecular flexibility index (Phi) is 6.65. The molecule has 2 aliphatic rings. The van der Waals surface area contributed by atoms with Crippen LogP contribution >= 0.6 is 0 Å². The van der Waals surface area contributed by atoms with E-state index in [4.69, 9.17) is 14.6 Å². The van der Waals surface area contributed by atoms with E-state index in [9.17, 15) is 14.4 Å². The van der Waals surface area contributed by atoms with Crippen LogP contribution in [0.4, 0.5) is 4.79 Å². The number of alkyl carbamates (subject to hydrolysis) is 1. The third-order valence-electron chi connectivity index (χ3n) is 6.38. The number of hydrogen-bond acceptors (Lipinski definition) is 5. The minimum Gasteiger partial charge on any atom is -0.481 e. The zero-order valence-electron chi connectivity index (χ0n) is 18.6. The molecule has 1 atom stereocenters. The zero-order valence-corrected chi connectivity index (χ0v) is 18.6. The molecule has 1 heterocycles. The summed E-state index contributed by atoms with van der Waals surface area (Å²) >= 11 is 0. The first-order valence-electron chi connectivity index (χ1n) is 11.2. The predicted octanol–water partition coefficient (Wildman–Crippen LogP) is 3.01. The molecule has 0 saturated carbocycles. The Morgan fingerprint density at radius 2 is 1.76 bits per heavy atom. The summed E-state index contributed by atoms with van der Waals surface area (Å²) in [5.41, 5.74) is 3.22. The summed E-state index contributed by atoms with van der Waals surface area (Å²) in [4.78, 5) is 38.4. The van der Waals surface area contributed by atoms with Gasteiger partial charge < -0.3 is 24.8 Å². The van der Waals surface area contributed by atoms with E-state index in [0.29, 0.717) is 19.6 Å². The number of ether oxygens (including phenoxy) is 2. The number of hydrogen-bond donors (Lipinski definition) is 2. The second kappa shape index (κ2) is 9.62. The molecular weight excluding hydrogens is 424 g/mol. The zero-order chi connectivity index (χ0) is 23.4. The third-order valence-corrected chi connectivity index (χ3v) is 6.38. The second-order valence-electron chi connectivity index (χ2n) is 8.36. The first-order valence-corrected chi connectivity index (χ1v) is 11.2. The van der Waals surface area contributed by atoms with Gasteiger partial charge in [-0.3, -0.25) is 9.59 Å². The number of rotatable bonds is 8. The maximum absolute atomic E-state index is 13.2. The number of nitrogens with zero attached hydrogens (tertiary/aromatic N) is 1. The number of benzene rings is 2. The summed E-state index contributed by atoms with van der Waals surface area (Å²) < 4.78 is 11.1. The number of amides is 2. The van der Waals surface area contributed by atoms with Crippen molar-refractivity contribution in [1.82, 2.24) is 10.2 Å². The Labute approximate surface area is 192 Å². The summed E-state index contributed by atoms with van der Waals surface area (Å²) in [5.74, 6) is -1.42. The molecule has 1 fully saturated rings. The number of nitrogens with one attached hydrogen (secondary N) is 1. The number of aliphatic carboxylic acids is 1. The van der Waals surface area contributed by atoms with Crippen LogP contribution in [0.3, 0.4) is 0 Å². The highest BCUT2D eigenvalue weighted by Gasteiger charge is 2.46. The molecule has 1 unspecified atom stereocenters. The van der Waals surface area contributed by atoms with E-state index in [-0.39, 0.29) is 38.0 Å². The lowest BCUT2D eigenvalue weighted by atomic mass is 9.96. The summed E-state index contributed by atoms with van der Waals surface area (Å²) in [5, 5.41) is 11.7. The van der Waals surface area contributed by atoms with Gasteiger partial charge in [0.25, 0.3) is 5.91 Å². The monoisotopic (exact) mass is 452 g/mol. The van der Waals surface area contributed by atoms with Crippen LogP contribution in [0.2, 0.25) is 0 Å². The van der Waals surface area contributed by atoms with Gasteiger partial charge in [-0.05, 0) is 29.2 Å². The van der Waals surface area contributed by atoms with Crippen LogP contribution in [0.1, 0.15) is 36.8 Å². The van der Waals surface area contributed by atoms with Crippen LogP contribution in [0, 0.1) is 0 Å². The maximum atomic E-state index is 13.2. The van der Waals surface area contributed by atoms with Gasteiger partial charge >= 0.3 is 12.1 Å². The SMILES string of the molecule is CCN(CCC(=O)O)C(=O)C1(NC(=O)OCC2c3ccccc3-c3ccccc32)CCOC1. The van der Waals surface area contributed by atoms with E-state index >= 15 is 0 Å². The number of carbonyl (C=O) groups is 3. The highest BCUT2D eigenvalue weighted by molar-refractivity contribution is 5.91. The van der Waals surface area contributed by atoms with Crippen molar-refractivity contribution in [3.05, 3.63) is 59.7 Å². The first kappa shape index (κ1) is 22.8. The van der Waals surface area contributed by atoms with Crippen molar-refractivity contribution >= 4 is 18.0 Å². The minimum atomic E-state index is -1.25. The Balaban J connectivity index is 1.45. The van der Waals surface area contributed by atoms with Gasteiger partial charge in [0.15, 0.2) is 0 Å². The molecule has 2 aromatic carbocycles. The topological polar surface area (TPSA) is 105 Å². The number of likely N-dealkylation sites (N-methyl/N-ethyl adjacent to an activating group) is 1. The number of carbonyl (C=O) groups excluding carboxylic acids is 2. The molecule has 1 aliphatic carbocycles. The molecule has 0 radical (unpaired) electrons. The second-order valence-corrected chi connectivity index (χ2v) is 8.36. The standard InChI is InChI=1S/C25H28N2O6/c1-2-27(13-11-22(28)29)23(30)25(12-14-32-16-25)26-24(31)33-15-21-19-9-5-3-7-17(19)18-8-4-6-10-20(18)21/h3-10,21H,2,11-16H2,1H3,(H,26,31)(H,28,29). The Bertz CT molecular complexity index is 1000. The number of carboxylic acids is 1. The van der Waals surface area contributed by atoms with Gasteiger partial charge in [-0.1, -0.05) is 48.5 Å². The van der Waals surface area contributed by atoms with Crippen LogP contribution in [-0.2, 0) is 19.1 Å². The Morgan fingerprint density at radius 3 is 2.30 bits per heavy atom. The maximum Gasteiger partial charge on any atom is 0.408 e. The smallest absolute Gasteiger partial charge is 0.408 e. The molecule has 1 saturated heterocycles. The summed E-state index contributed by atoms with van der Waals surface area (Å²) in [7, 11) is 0. The van der Waals surface area contributed by atoms with Crippen molar-refractivity contribution in [2.75, 3.05) is 32.9 Å². The average Bonchev–Trinajstić information content (AvgIpc) is 3.41. The van der Waals surface area contributed by atoms with Crippen LogP contribution in [0.5, 0.6) is 0 Å². The fourth-order valence-corrected chi connectivity index (χ4v) is 4.65. The highest BCUT2D eigenvalue weighted by atomic mass is 16.6. The summed E-state index contributed by atoms with van der Waals surface area (Å²) in [6.07, 6.45) is -0.550. The highest BCUT2D eigenvalue weighted by Crippen LogP contribution is 2.44. The molecule has 4 rings (SSSR count). The Hall–Kier alpha value is -3.39. The molecule has 2 amide bonds. The minimum absolute atomic E-state index is 0.0274. The third kappa shape index (κ3) is 4.57. The van der Waals surface area contributed by atoms with Gasteiger partial charge in [0, 0.05) is 32.0 Å². The lowest BCUT2D eigenvalue weighted by Gasteiger charge is -2.33. The van der Waals surface area contributed by atoms with Crippen molar-refractivity contribution in [3.63, 3.8) is 0 Å². The van der Waals surface area contributed by atoms with E-state index in [1.54, 1.807) is 6.92 Å². The van der Waals surface area contributed by atoms with Crippen molar-refractivity contribution in [2.24, 2.45) is 0 Å². The fourth-order valence-electron chi connectivity index (χ4n) is 4.65. The molecule has 0 spiro atoms. The van der Waals surface area contributed by atoms with E-state index in [2.05, 4.69) is 17.4 Å². The van der Waals surface area contributed by atoms with Gasteiger partial charge in [-0.2, -0.15) is 0 Å². The van der Waals surface area contributed by atoms with Gasteiger partial charge in [-0.25, -0.2) is 4.79 Å². The predicted molar refractivity (Wildman–Crippen MR) is 121 cm³/mol. The quantitative estimate of drug-likeness (QED) is 0.638. The van der Waals surface area contributed by atoms with Crippen molar-refractivity contribution < 1.29 is 29.0 Å². The molecule has 0 bridgehead atoms. The van der Waals surface area contributed by atoms with Crippen LogP contribution in [0.15, 0.2) is 48.5 Å². The van der Waals surface area contributed by atoms with Crippen LogP contribution < -0.4 is 5.32 Å². The van der Waals surface area contributed by atoms with Gasteiger partial charge in [0.1, 0.15) is 12.1 Å². The molecular formula is C25H28N2O6. The van der Waals surface area contributed by atoms with E-state index < -0.39 is 17.6 Å². The largest absolute Gasteiger partial charge is 0.481 e. The van der Waals surface area contributed by atoms with E-state index in [0.717, 1.165) is 22.3 Å². The molecule has 174 valence electrons.